The largest absolute Gasteiger partial charge is 0.466 e. The highest BCUT2D eigenvalue weighted by Gasteiger charge is 2.28. The molecule has 0 aromatic carbocycles. The van der Waals surface area contributed by atoms with E-state index in [4.69, 9.17) is 4.74 Å². The van der Waals surface area contributed by atoms with Crippen molar-refractivity contribution in [1.82, 2.24) is 9.80 Å². The summed E-state index contributed by atoms with van der Waals surface area (Å²) in [5.74, 6) is 0.507. The lowest BCUT2D eigenvalue weighted by atomic mass is 9.92. The molecule has 1 rings (SSSR count). The molecular weight excluding hydrogens is 240 g/mol. The second kappa shape index (κ2) is 8.54. The van der Waals surface area contributed by atoms with Gasteiger partial charge >= 0.3 is 5.97 Å². The van der Waals surface area contributed by atoms with Crippen LogP contribution in [-0.4, -0.2) is 61.6 Å². The SMILES string of the molecule is CCCC(C)C(CC(=O)OCC)N1CCN(C)CC1. The quantitative estimate of drug-likeness (QED) is 0.662. The van der Waals surface area contributed by atoms with Gasteiger partial charge in [-0.2, -0.15) is 0 Å². The lowest BCUT2D eigenvalue weighted by molar-refractivity contribution is -0.145. The maximum atomic E-state index is 11.8. The number of nitrogens with zero attached hydrogens (tertiary/aromatic N) is 2. The van der Waals surface area contributed by atoms with Gasteiger partial charge in [-0.15, -0.1) is 0 Å². The molecule has 0 bridgehead atoms. The molecule has 1 heterocycles. The van der Waals surface area contributed by atoms with Crippen LogP contribution in [0.4, 0.5) is 0 Å². The zero-order valence-electron chi connectivity index (χ0n) is 13.0. The Labute approximate surface area is 118 Å². The number of rotatable bonds is 7. The molecule has 0 radical (unpaired) electrons. The third kappa shape index (κ3) is 5.49. The van der Waals surface area contributed by atoms with Gasteiger partial charge < -0.3 is 9.64 Å². The van der Waals surface area contributed by atoms with Crippen molar-refractivity contribution in [3.8, 4) is 0 Å². The predicted octanol–water partition coefficient (Wildman–Crippen LogP) is 1.99. The Hall–Kier alpha value is -0.610. The van der Waals surface area contributed by atoms with Gasteiger partial charge in [0.15, 0.2) is 0 Å². The number of likely N-dealkylation sites (N-methyl/N-ethyl adjacent to an activating group) is 1. The maximum Gasteiger partial charge on any atom is 0.307 e. The van der Waals surface area contributed by atoms with Gasteiger partial charge in [-0.3, -0.25) is 9.69 Å². The summed E-state index contributed by atoms with van der Waals surface area (Å²) in [4.78, 5) is 16.6. The minimum absolute atomic E-state index is 0.0469. The van der Waals surface area contributed by atoms with Crippen molar-refractivity contribution < 1.29 is 9.53 Å². The molecule has 0 aliphatic carbocycles. The first kappa shape index (κ1) is 16.4. The third-order valence-corrected chi connectivity index (χ3v) is 4.09. The predicted molar refractivity (Wildman–Crippen MR) is 78.2 cm³/mol. The lowest BCUT2D eigenvalue weighted by Crippen LogP contribution is -2.51. The fourth-order valence-electron chi connectivity index (χ4n) is 2.88. The van der Waals surface area contributed by atoms with Crippen LogP contribution < -0.4 is 0 Å². The van der Waals surface area contributed by atoms with Gasteiger partial charge in [0, 0.05) is 32.2 Å². The molecule has 0 saturated carbocycles. The van der Waals surface area contributed by atoms with Gasteiger partial charge in [0.2, 0.25) is 0 Å². The number of carbonyl (C=O) groups excluding carboxylic acids is 1. The molecule has 0 amide bonds. The highest BCUT2D eigenvalue weighted by Crippen LogP contribution is 2.21. The van der Waals surface area contributed by atoms with Crippen LogP contribution in [0.5, 0.6) is 0 Å². The summed E-state index contributed by atoms with van der Waals surface area (Å²) in [5.41, 5.74) is 0. The average molecular weight is 270 g/mol. The Morgan fingerprint density at radius 3 is 2.37 bits per heavy atom. The first-order chi connectivity index (χ1) is 9.08. The second-order valence-corrected chi connectivity index (χ2v) is 5.68. The minimum Gasteiger partial charge on any atom is -0.466 e. The van der Waals surface area contributed by atoms with Crippen molar-refractivity contribution in [2.24, 2.45) is 5.92 Å². The summed E-state index contributed by atoms with van der Waals surface area (Å²) in [7, 11) is 2.16. The van der Waals surface area contributed by atoms with E-state index < -0.39 is 0 Å². The van der Waals surface area contributed by atoms with E-state index in [1.54, 1.807) is 0 Å². The van der Waals surface area contributed by atoms with E-state index in [9.17, 15) is 4.79 Å². The van der Waals surface area contributed by atoms with Crippen LogP contribution >= 0.6 is 0 Å². The maximum absolute atomic E-state index is 11.8. The summed E-state index contributed by atoms with van der Waals surface area (Å²) >= 11 is 0. The normalized spacial score (nSPS) is 21.1. The van der Waals surface area contributed by atoms with Crippen molar-refractivity contribution in [1.29, 1.82) is 0 Å². The van der Waals surface area contributed by atoms with Gasteiger partial charge in [0.1, 0.15) is 0 Å². The topological polar surface area (TPSA) is 32.8 Å². The van der Waals surface area contributed by atoms with E-state index in [1.807, 2.05) is 6.92 Å². The molecule has 112 valence electrons. The van der Waals surface area contributed by atoms with Gasteiger partial charge in [0.05, 0.1) is 13.0 Å². The Balaban J connectivity index is 2.60. The molecule has 19 heavy (non-hydrogen) atoms. The van der Waals surface area contributed by atoms with Crippen LogP contribution in [0.15, 0.2) is 0 Å². The van der Waals surface area contributed by atoms with E-state index in [0.717, 1.165) is 26.2 Å². The molecule has 2 unspecified atom stereocenters. The fourth-order valence-corrected chi connectivity index (χ4v) is 2.88. The first-order valence-electron chi connectivity index (χ1n) is 7.66. The summed E-state index contributed by atoms with van der Waals surface area (Å²) in [6, 6.07) is 0.340. The van der Waals surface area contributed by atoms with Gasteiger partial charge in [-0.25, -0.2) is 0 Å². The zero-order valence-corrected chi connectivity index (χ0v) is 13.0. The van der Waals surface area contributed by atoms with Crippen LogP contribution in [-0.2, 0) is 9.53 Å². The fraction of sp³-hybridized carbons (Fsp3) is 0.933. The molecular formula is C15H30N2O2. The highest BCUT2D eigenvalue weighted by molar-refractivity contribution is 5.70. The van der Waals surface area contributed by atoms with Gasteiger partial charge in [-0.1, -0.05) is 20.3 Å². The number of piperazine rings is 1. The molecule has 1 aliphatic rings. The van der Waals surface area contributed by atoms with Crippen LogP contribution in [0.25, 0.3) is 0 Å². The molecule has 1 saturated heterocycles. The van der Waals surface area contributed by atoms with E-state index in [1.165, 1.54) is 12.8 Å². The number of esters is 1. The third-order valence-electron chi connectivity index (χ3n) is 4.09. The van der Waals surface area contributed by atoms with Crippen molar-refractivity contribution in [2.45, 2.75) is 46.1 Å². The van der Waals surface area contributed by atoms with Crippen molar-refractivity contribution in [3.63, 3.8) is 0 Å². The van der Waals surface area contributed by atoms with E-state index in [-0.39, 0.29) is 5.97 Å². The van der Waals surface area contributed by atoms with E-state index in [2.05, 4.69) is 30.7 Å². The standard InChI is InChI=1S/C15H30N2O2/c1-5-7-13(3)14(12-15(18)19-6-2)17-10-8-16(4)9-11-17/h13-14H,5-12H2,1-4H3. The monoisotopic (exact) mass is 270 g/mol. The summed E-state index contributed by atoms with van der Waals surface area (Å²) in [6.45, 7) is 11.2. The minimum atomic E-state index is -0.0469. The average Bonchev–Trinajstić information content (AvgIpc) is 2.38. The van der Waals surface area contributed by atoms with Crippen molar-refractivity contribution in [2.75, 3.05) is 39.8 Å². The molecule has 4 heteroatoms. The second-order valence-electron chi connectivity index (χ2n) is 5.68. The molecule has 4 nitrogen and oxygen atoms in total. The van der Waals surface area contributed by atoms with Crippen molar-refractivity contribution in [3.05, 3.63) is 0 Å². The molecule has 2 atom stereocenters. The highest BCUT2D eigenvalue weighted by atomic mass is 16.5. The molecule has 0 N–H and O–H groups in total. The Morgan fingerprint density at radius 1 is 1.21 bits per heavy atom. The smallest absolute Gasteiger partial charge is 0.307 e. The number of hydrogen-bond acceptors (Lipinski definition) is 4. The molecule has 1 fully saturated rings. The molecule has 0 aromatic heterocycles. The lowest BCUT2D eigenvalue weighted by Gasteiger charge is -2.40. The zero-order chi connectivity index (χ0) is 14.3. The Bertz CT molecular complexity index is 263. The number of hydrogen-bond donors (Lipinski definition) is 0. The number of ether oxygens (including phenoxy) is 1. The first-order valence-corrected chi connectivity index (χ1v) is 7.66. The van der Waals surface area contributed by atoms with Crippen LogP contribution in [0, 0.1) is 5.92 Å². The van der Waals surface area contributed by atoms with Crippen LogP contribution in [0.2, 0.25) is 0 Å². The van der Waals surface area contributed by atoms with E-state index in [0.29, 0.717) is 25.0 Å². The van der Waals surface area contributed by atoms with Gasteiger partial charge in [0.25, 0.3) is 0 Å². The summed E-state index contributed by atoms with van der Waals surface area (Å²) in [5, 5.41) is 0. The molecule has 0 spiro atoms. The summed E-state index contributed by atoms with van der Waals surface area (Å²) in [6.07, 6.45) is 2.89. The van der Waals surface area contributed by atoms with Gasteiger partial charge in [-0.05, 0) is 26.3 Å². The number of carbonyl (C=O) groups is 1. The Morgan fingerprint density at radius 2 is 1.84 bits per heavy atom. The van der Waals surface area contributed by atoms with Crippen molar-refractivity contribution >= 4 is 5.97 Å². The summed E-state index contributed by atoms with van der Waals surface area (Å²) < 4.78 is 5.14. The molecule has 0 aromatic rings. The van der Waals surface area contributed by atoms with Crippen LogP contribution in [0.1, 0.15) is 40.0 Å². The molecule has 1 aliphatic heterocycles. The Kier molecular flexibility index (Phi) is 7.39. The van der Waals surface area contributed by atoms with E-state index >= 15 is 0 Å². The van der Waals surface area contributed by atoms with Crippen LogP contribution in [0.3, 0.4) is 0 Å².